The first kappa shape index (κ1) is 12.5. The molecule has 1 unspecified atom stereocenters. The van der Waals surface area contributed by atoms with Gasteiger partial charge < -0.3 is 19.9 Å². The van der Waals surface area contributed by atoms with Crippen molar-refractivity contribution in [3.63, 3.8) is 0 Å². The van der Waals surface area contributed by atoms with E-state index in [-0.39, 0.29) is 11.9 Å². The van der Waals surface area contributed by atoms with Gasteiger partial charge in [0.2, 0.25) is 0 Å². The first-order valence-electron chi connectivity index (χ1n) is 5.53. The SMILES string of the molecule is COc1cc(C)c(C2CNCCO2)c(Cl)c1O. The molecule has 1 aromatic rings. The number of ether oxygens (including phenoxy) is 2. The van der Waals surface area contributed by atoms with Crippen LogP contribution in [-0.2, 0) is 4.74 Å². The van der Waals surface area contributed by atoms with Crippen molar-refractivity contribution in [1.82, 2.24) is 5.32 Å². The molecule has 0 amide bonds. The Morgan fingerprint density at radius 1 is 1.59 bits per heavy atom. The smallest absolute Gasteiger partial charge is 0.177 e. The summed E-state index contributed by atoms with van der Waals surface area (Å²) in [6.07, 6.45) is -0.118. The molecule has 17 heavy (non-hydrogen) atoms. The second-order valence-corrected chi connectivity index (χ2v) is 4.41. The van der Waals surface area contributed by atoms with Crippen molar-refractivity contribution in [2.24, 2.45) is 0 Å². The van der Waals surface area contributed by atoms with Gasteiger partial charge in [-0.05, 0) is 18.6 Å². The predicted octanol–water partition coefficient (Wildman–Crippen LogP) is 2.02. The third-order valence-electron chi connectivity index (χ3n) is 2.92. The van der Waals surface area contributed by atoms with Crippen LogP contribution in [0.3, 0.4) is 0 Å². The minimum atomic E-state index is -0.118. The maximum Gasteiger partial charge on any atom is 0.177 e. The van der Waals surface area contributed by atoms with Crippen LogP contribution >= 0.6 is 11.6 Å². The van der Waals surface area contributed by atoms with Gasteiger partial charge in [-0.1, -0.05) is 11.6 Å². The molecule has 0 aromatic heterocycles. The van der Waals surface area contributed by atoms with Crippen molar-refractivity contribution in [3.05, 3.63) is 22.2 Å². The summed E-state index contributed by atoms with van der Waals surface area (Å²) in [5, 5.41) is 13.5. The van der Waals surface area contributed by atoms with Crippen LogP contribution in [0.15, 0.2) is 6.07 Å². The first-order valence-corrected chi connectivity index (χ1v) is 5.91. The zero-order valence-electron chi connectivity index (χ0n) is 9.92. The van der Waals surface area contributed by atoms with Gasteiger partial charge >= 0.3 is 0 Å². The van der Waals surface area contributed by atoms with Crippen molar-refractivity contribution in [2.45, 2.75) is 13.0 Å². The average Bonchev–Trinajstić information content (AvgIpc) is 2.35. The molecule has 1 heterocycles. The Balaban J connectivity index is 2.42. The lowest BCUT2D eigenvalue weighted by molar-refractivity contribution is 0.0272. The highest BCUT2D eigenvalue weighted by molar-refractivity contribution is 6.33. The molecule has 4 nitrogen and oxygen atoms in total. The van der Waals surface area contributed by atoms with Gasteiger partial charge in [0.25, 0.3) is 0 Å². The lowest BCUT2D eigenvalue weighted by atomic mass is 10.0. The van der Waals surface area contributed by atoms with Crippen molar-refractivity contribution < 1.29 is 14.6 Å². The lowest BCUT2D eigenvalue weighted by Gasteiger charge is -2.26. The van der Waals surface area contributed by atoms with Crippen molar-refractivity contribution >= 4 is 11.6 Å². The summed E-state index contributed by atoms with van der Waals surface area (Å²) >= 11 is 6.18. The fourth-order valence-corrected chi connectivity index (χ4v) is 2.42. The summed E-state index contributed by atoms with van der Waals surface area (Å²) < 4.78 is 10.7. The van der Waals surface area contributed by atoms with Gasteiger partial charge in [0.05, 0.1) is 24.8 Å². The fraction of sp³-hybridized carbons (Fsp3) is 0.500. The summed E-state index contributed by atoms with van der Waals surface area (Å²) in [4.78, 5) is 0. The van der Waals surface area contributed by atoms with E-state index >= 15 is 0 Å². The van der Waals surface area contributed by atoms with Gasteiger partial charge in [-0.2, -0.15) is 0 Å². The lowest BCUT2D eigenvalue weighted by Crippen LogP contribution is -2.33. The van der Waals surface area contributed by atoms with E-state index in [9.17, 15) is 5.11 Å². The van der Waals surface area contributed by atoms with Crippen LogP contribution < -0.4 is 10.1 Å². The zero-order chi connectivity index (χ0) is 12.4. The number of hydrogen-bond acceptors (Lipinski definition) is 4. The molecule has 5 heteroatoms. The molecule has 1 fully saturated rings. The number of morpholine rings is 1. The Labute approximate surface area is 105 Å². The van der Waals surface area contributed by atoms with Gasteiger partial charge in [-0.3, -0.25) is 0 Å². The molecule has 2 N–H and O–H groups in total. The van der Waals surface area contributed by atoms with E-state index in [1.807, 2.05) is 6.92 Å². The summed E-state index contributed by atoms with van der Waals surface area (Å²) in [5.74, 6) is 0.365. The first-order chi connectivity index (χ1) is 8.15. The highest BCUT2D eigenvalue weighted by Crippen LogP contribution is 2.41. The molecule has 1 aliphatic heterocycles. The van der Waals surface area contributed by atoms with E-state index in [0.29, 0.717) is 23.9 Å². The van der Waals surface area contributed by atoms with Crippen LogP contribution in [0.25, 0.3) is 0 Å². The maximum atomic E-state index is 9.90. The molecule has 0 saturated carbocycles. The molecular weight excluding hydrogens is 242 g/mol. The molecule has 0 bridgehead atoms. The highest BCUT2D eigenvalue weighted by atomic mass is 35.5. The van der Waals surface area contributed by atoms with E-state index < -0.39 is 0 Å². The normalized spacial score (nSPS) is 20.3. The second-order valence-electron chi connectivity index (χ2n) is 4.04. The van der Waals surface area contributed by atoms with Crippen LogP contribution in [0.1, 0.15) is 17.2 Å². The number of methoxy groups -OCH3 is 1. The number of phenols is 1. The second kappa shape index (κ2) is 5.12. The van der Waals surface area contributed by atoms with E-state index in [2.05, 4.69) is 5.32 Å². The van der Waals surface area contributed by atoms with E-state index in [4.69, 9.17) is 21.1 Å². The molecule has 1 atom stereocenters. The highest BCUT2D eigenvalue weighted by Gasteiger charge is 2.24. The standard InChI is InChI=1S/C12H16ClNO3/c1-7-5-8(16-2)12(15)11(13)10(7)9-6-14-3-4-17-9/h5,9,14-15H,3-4,6H2,1-2H3. The molecule has 1 aromatic carbocycles. The van der Waals surface area contributed by atoms with Gasteiger partial charge in [0.1, 0.15) is 0 Å². The summed E-state index contributed by atoms with van der Waals surface area (Å²) in [7, 11) is 1.50. The van der Waals surface area contributed by atoms with E-state index in [0.717, 1.165) is 17.7 Å². The maximum absolute atomic E-state index is 9.90. The number of nitrogens with one attached hydrogen (secondary N) is 1. The average molecular weight is 258 g/mol. The molecule has 1 aliphatic rings. The Morgan fingerprint density at radius 3 is 2.94 bits per heavy atom. The van der Waals surface area contributed by atoms with Gasteiger partial charge in [-0.15, -0.1) is 0 Å². The molecule has 1 saturated heterocycles. The summed E-state index contributed by atoms with van der Waals surface area (Å²) in [6, 6.07) is 1.77. The van der Waals surface area contributed by atoms with E-state index in [1.54, 1.807) is 6.07 Å². The minimum absolute atomic E-state index is 0.0241. The zero-order valence-corrected chi connectivity index (χ0v) is 10.7. The minimum Gasteiger partial charge on any atom is -0.503 e. The fourth-order valence-electron chi connectivity index (χ4n) is 2.05. The third-order valence-corrected chi connectivity index (χ3v) is 3.30. The molecule has 2 rings (SSSR count). The number of halogens is 1. The van der Waals surface area contributed by atoms with Gasteiger partial charge in [-0.25, -0.2) is 0 Å². The monoisotopic (exact) mass is 257 g/mol. The summed E-state index contributed by atoms with van der Waals surface area (Å²) in [5.41, 5.74) is 1.79. The van der Waals surface area contributed by atoms with Gasteiger partial charge in [0.15, 0.2) is 11.5 Å². The van der Waals surface area contributed by atoms with Crippen molar-refractivity contribution in [2.75, 3.05) is 26.8 Å². The predicted molar refractivity (Wildman–Crippen MR) is 66.0 cm³/mol. The number of aryl methyl sites for hydroxylation is 1. The van der Waals surface area contributed by atoms with E-state index in [1.165, 1.54) is 7.11 Å². The molecular formula is C12H16ClNO3. The summed E-state index contributed by atoms with van der Waals surface area (Å²) in [6.45, 7) is 4.12. The quantitative estimate of drug-likeness (QED) is 0.851. The van der Waals surface area contributed by atoms with Crippen molar-refractivity contribution in [1.29, 1.82) is 0 Å². The number of hydrogen-bond donors (Lipinski definition) is 2. The van der Waals surface area contributed by atoms with Crippen LogP contribution in [0.5, 0.6) is 11.5 Å². The van der Waals surface area contributed by atoms with Crippen LogP contribution in [0.2, 0.25) is 5.02 Å². The van der Waals surface area contributed by atoms with Crippen molar-refractivity contribution in [3.8, 4) is 11.5 Å². The Bertz CT molecular complexity index is 417. The molecule has 94 valence electrons. The Kier molecular flexibility index (Phi) is 3.76. The Hall–Kier alpha value is -0.970. The molecule has 0 radical (unpaired) electrons. The molecule has 0 spiro atoms. The van der Waals surface area contributed by atoms with Gasteiger partial charge in [0, 0.05) is 18.7 Å². The van der Waals surface area contributed by atoms with Crippen LogP contribution in [-0.4, -0.2) is 31.9 Å². The Morgan fingerprint density at radius 2 is 2.35 bits per heavy atom. The number of benzene rings is 1. The van der Waals surface area contributed by atoms with Crippen LogP contribution in [0.4, 0.5) is 0 Å². The third kappa shape index (κ3) is 2.34. The number of rotatable bonds is 2. The number of aromatic hydroxyl groups is 1. The number of phenolic OH excluding ortho intramolecular Hbond substituents is 1. The molecule has 0 aliphatic carbocycles. The topological polar surface area (TPSA) is 50.7 Å². The largest absolute Gasteiger partial charge is 0.503 e. The van der Waals surface area contributed by atoms with Crippen LogP contribution in [0, 0.1) is 6.92 Å².